The van der Waals surface area contributed by atoms with Crippen molar-refractivity contribution in [1.82, 2.24) is 0 Å². The van der Waals surface area contributed by atoms with Gasteiger partial charge in [0.25, 0.3) is 0 Å². The molecule has 0 heterocycles. The number of nitrogens with zero attached hydrogens (tertiary/aromatic N) is 1. The topological polar surface area (TPSA) is 0 Å². The predicted molar refractivity (Wildman–Crippen MR) is 77.1 cm³/mol. The first kappa shape index (κ1) is 18.2. The smallest absolute Gasteiger partial charge is 0.0967 e. The normalized spacial score (nSPS) is 19.9. The summed E-state index contributed by atoms with van der Waals surface area (Å²) >= 11 is 0. The standard InChI is InChI=1S/C11H22N.C5H10.Fe/c1-4-9-12(2,3)10-11-7-5-6-8-11;1-2-4-5-3-1;/h4,11H,1,5-10H2,2-3H3;1-5H2;/q+1;;. The Balaban J connectivity index is 0.000000405. The molecule has 1 nitrogen and oxygen atoms in total. The molecule has 0 aliphatic heterocycles. The fourth-order valence-electron chi connectivity index (χ4n) is 3.20. The SMILES string of the molecule is C1CCCC1.C=CC[N+](C)(C)CC1CCCC1.[Fe]. The second-order valence-corrected chi connectivity index (χ2v) is 6.51. The van der Waals surface area contributed by atoms with Gasteiger partial charge in [-0.1, -0.05) is 51.5 Å². The Morgan fingerprint density at radius 1 is 0.944 bits per heavy atom. The van der Waals surface area contributed by atoms with Crippen molar-refractivity contribution in [2.24, 2.45) is 5.92 Å². The Kier molecular flexibility index (Phi) is 10.2. The zero-order chi connectivity index (χ0) is 12.6. The van der Waals surface area contributed by atoms with Crippen molar-refractivity contribution in [2.75, 3.05) is 27.2 Å². The minimum atomic E-state index is 0. The molecule has 2 saturated carbocycles. The van der Waals surface area contributed by atoms with Gasteiger partial charge in [-0.15, -0.1) is 0 Å². The van der Waals surface area contributed by atoms with Crippen molar-refractivity contribution in [3.63, 3.8) is 0 Å². The van der Waals surface area contributed by atoms with Crippen molar-refractivity contribution < 1.29 is 21.6 Å². The molecular formula is C16H32FeN+. The molecule has 2 rings (SSSR count). The Morgan fingerprint density at radius 3 is 1.78 bits per heavy atom. The van der Waals surface area contributed by atoms with Crippen molar-refractivity contribution in [1.29, 1.82) is 0 Å². The van der Waals surface area contributed by atoms with Gasteiger partial charge >= 0.3 is 0 Å². The molecule has 0 aromatic carbocycles. The number of likely N-dealkylation sites (N-methyl/N-ethyl adjacent to an activating group) is 1. The Labute approximate surface area is 125 Å². The zero-order valence-corrected chi connectivity index (χ0v) is 13.5. The molecule has 108 valence electrons. The van der Waals surface area contributed by atoms with E-state index in [0.717, 1.165) is 16.9 Å². The maximum atomic E-state index is 3.80. The largest absolute Gasteiger partial charge is 0.325 e. The molecule has 0 saturated heterocycles. The first-order chi connectivity index (χ1) is 8.14. The quantitative estimate of drug-likeness (QED) is 0.410. The minimum Gasteiger partial charge on any atom is -0.325 e. The van der Waals surface area contributed by atoms with E-state index in [-0.39, 0.29) is 17.1 Å². The average Bonchev–Trinajstić information content (AvgIpc) is 2.90. The second kappa shape index (κ2) is 10.1. The number of rotatable bonds is 4. The van der Waals surface area contributed by atoms with E-state index in [2.05, 4.69) is 20.7 Å². The van der Waals surface area contributed by atoms with Gasteiger partial charge in [-0.2, -0.15) is 0 Å². The van der Waals surface area contributed by atoms with E-state index in [1.54, 1.807) is 0 Å². The van der Waals surface area contributed by atoms with Crippen molar-refractivity contribution >= 4 is 0 Å². The van der Waals surface area contributed by atoms with Gasteiger partial charge in [0, 0.05) is 23.0 Å². The van der Waals surface area contributed by atoms with Crippen LogP contribution >= 0.6 is 0 Å². The molecular weight excluding hydrogens is 262 g/mol. The molecule has 0 unspecified atom stereocenters. The van der Waals surface area contributed by atoms with Crippen LogP contribution in [0.1, 0.15) is 57.8 Å². The molecule has 2 fully saturated rings. The summed E-state index contributed by atoms with van der Waals surface area (Å²) in [6.07, 6.45) is 15.4. The number of hydrogen-bond acceptors (Lipinski definition) is 0. The van der Waals surface area contributed by atoms with Crippen LogP contribution in [0.3, 0.4) is 0 Å². The first-order valence-electron chi connectivity index (χ1n) is 7.57. The van der Waals surface area contributed by atoms with Gasteiger partial charge in [-0.3, -0.25) is 0 Å². The maximum absolute atomic E-state index is 3.80. The molecule has 0 radical (unpaired) electrons. The molecule has 0 spiro atoms. The van der Waals surface area contributed by atoms with Crippen LogP contribution in [0.5, 0.6) is 0 Å². The monoisotopic (exact) mass is 294 g/mol. The Morgan fingerprint density at radius 2 is 1.39 bits per heavy atom. The molecule has 0 amide bonds. The molecule has 0 N–H and O–H groups in total. The van der Waals surface area contributed by atoms with Gasteiger partial charge in [-0.25, -0.2) is 0 Å². The average molecular weight is 294 g/mol. The van der Waals surface area contributed by atoms with Crippen LogP contribution in [0.25, 0.3) is 0 Å². The van der Waals surface area contributed by atoms with E-state index in [1.807, 2.05) is 6.08 Å². The Bertz CT molecular complexity index is 196. The third kappa shape index (κ3) is 8.34. The van der Waals surface area contributed by atoms with E-state index in [1.165, 1.54) is 64.3 Å². The number of hydrogen-bond donors (Lipinski definition) is 0. The first-order valence-corrected chi connectivity index (χ1v) is 7.57. The van der Waals surface area contributed by atoms with Crippen LogP contribution in [0.2, 0.25) is 0 Å². The molecule has 18 heavy (non-hydrogen) atoms. The van der Waals surface area contributed by atoms with Crippen LogP contribution < -0.4 is 0 Å². The summed E-state index contributed by atoms with van der Waals surface area (Å²) < 4.78 is 1.12. The summed E-state index contributed by atoms with van der Waals surface area (Å²) in [5, 5.41) is 0. The number of quaternary nitrogens is 1. The summed E-state index contributed by atoms with van der Waals surface area (Å²) in [5.41, 5.74) is 0. The van der Waals surface area contributed by atoms with E-state index in [9.17, 15) is 0 Å². The second-order valence-electron chi connectivity index (χ2n) is 6.51. The minimum absolute atomic E-state index is 0. The van der Waals surface area contributed by atoms with Crippen molar-refractivity contribution in [3.8, 4) is 0 Å². The van der Waals surface area contributed by atoms with E-state index in [4.69, 9.17) is 0 Å². The van der Waals surface area contributed by atoms with E-state index in [0.29, 0.717) is 0 Å². The molecule has 0 atom stereocenters. The van der Waals surface area contributed by atoms with Gasteiger partial charge in [0.1, 0.15) is 0 Å². The molecule has 2 heteroatoms. The summed E-state index contributed by atoms with van der Waals surface area (Å²) in [4.78, 5) is 0. The summed E-state index contributed by atoms with van der Waals surface area (Å²) in [6.45, 7) is 6.25. The third-order valence-corrected chi connectivity index (χ3v) is 4.10. The molecule has 2 aliphatic carbocycles. The summed E-state index contributed by atoms with van der Waals surface area (Å²) in [5.74, 6) is 0.986. The fourth-order valence-corrected chi connectivity index (χ4v) is 3.20. The van der Waals surface area contributed by atoms with Gasteiger partial charge in [0.2, 0.25) is 0 Å². The fraction of sp³-hybridized carbons (Fsp3) is 0.875. The van der Waals surface area contributed by atoms with Crippen molar-refractivity contribution in [3.05, 3.63) is 12.7 Å². The van der Waals surface area contributed by atoms with Crippen LogP contribution in [0.4, 0.5) is 0 Å². The van der Waals surface area contributed by atoms with Crippen molar-refractivity contribution in [2.45, 2.75) is 57.8 Å². The molecule has 0 bridgehead atoms. The summed E-state index contributed by atoms with van der Waals surface area (Å²) in [6, 6.07) is 0. The summed E-state index contributed by atoms with van der Waals surface area (Å²) in [7, 11) is 4.61. The Hall–Kier alpha value is 0.219. The van der Waals surface area contributed by atoms with Gasteiger partial charge in [0.05, 0.1) is 27.2 Å². The zero-order valence-electron chi connectivity index (χ0n) is 12.4. The van der Waals surface area contributed by atoms with Crippen LogP contribution in [0, 0.1) is 5.92 Å². The molecule has 0 aromatic heterocycles. The van der Waals surface area contributed by atoms with Gasteiger partial charge in [0.15, 0.2) is 0 Å². The molecule has 2 aliphatic rings. The predicted octanol–water partition coefficient (Wildman–Crippen LogP) is 4.39. The molecule has 0 aromatic rings. The van der Waals surface area contributed by atoms with Gasteiger partial charge < -0.3 is 4.48 Å². The van der Waals surface area contributed by atoms with Crippen LogP contribution in [-0.2, 0) is 17.1 Å². The van der Waals surface area contributed by atoms with E-state index >= 15 is 0 Å². The van der Waals surface area contributed by atoms with E-state index < -0.39 is 0 Å². The third-order valence-electron chi connectivity index (χ3n) is 4.10. The van der Waals surface area contributed by atoms with Gasteiger partial charge in [-0.05, 0) is 18.9 Å². The van der Waals surface area contributed by atoms with Crippen LogP contribution in [-0.4, -0.2) is 31.7 Å². The maximum Gasteiger partial charge on any atom is 0.0967 e. The van der Waals surface area contributed by atoms with Crippen LogP contribution in [0.15, 0.2) is 12.7 Å².